The molecule has 0 saturated heterocycles. The number of ether oxygens (including phenoxy) is 2. The van der Waals surface area contributed by atoms with Gasteiger partial charge in [0.2, 0.25) is 0 Å². The van der Waals surface area contributed by atoms with Crippen molar-refractivity contribution in [2.24, 2.45) is 0 Å². The Bertz CT molecular complexity index is 439. The van der Waals surface area contributed by atoms with Crippen molar-refractivity contribution in [3.8, 4) is 5.75 Å². The van der Waals surface area contributed by atoms with Crippen LogP contribution in [0, 0.1) is 0 Å². The maximum absolute atomic E-state index is 11.3. The van der Waals surface area contributed by atoms with E-state index in [1.165, 1.54) is 0 Å². The highest BCUT2D eigenvalue weighted by Gasteiger charge is 2.29. The van der Waals surface area contributed by atoms with Crippen molar-refractivity contribution in [3.05, 3.63) is 30.3 Å². The second-order valence-corrected chi connectivity index (χ2v) is 4.93. The zero-order valence-corrected chi connectivity index (χ0v) is 11.8. The van der Waals surface area contributed by atoms with Crippen LogP contribution in [-0.4, -0.2) is 29.0 Å². The van der Waals surface area contributed by atoms with Crippen LogP contribution in [0.2, 0.25) is 0 Å². The molecule has 5 nitrogen and oxygen atoms in total. The number of halogens is 3. The standard InChI is InChI=1S/C11H9Cl3NO4/c12-7-11(13,14)19-10(17)15-9(16)6-18-8-4-2-1-3-5-8/h1-5H,6-7H2. The summed E-state index contributed by atoms with van der Waals surface area (Å²) in [5.74, 6) is -0.705. The number of hydrogen-bond acceptors (Lipinski definition) is 4. The highest BCUT2D eigenvalue weighted by molar-refractivity contribution is 6.50. The molecule has 1 rings (SSSR count). The maximum atomic E-state index is 11.3. The van der Waals surface area contributed by atoms with Crippen molar-refractivity contribution in [1.29, 1.82) is 0 Å². The zero-order valence-electron chi connectivity index (χ0n) is 9.52. The third-order valence-electron chi connectivity index (χ3n) is 1.71. The van der Waals surface area contributed by atoms with E-state index in [-0.39, 0.29) is 5.88 Å². The predicted molar refractivity (Wildman–Crippen MR) is 70.7 cm³/mol. The van der Waals surface area contributed by atoms with Crippen LogP contribution in [0.5, 0.6) is 5.75 Å². The molecule has 0 N–H and O–H groups in total. The van der Waals surface area contributed by atoms with Crippen LogP contribution in [0.3, 0.4) is 0 Å². The molecular weight excluding hydrogens is 316 g/mol. The van der Waals surface area contributed by atoms with Gasteiger partial charge in [-0.2, -0.15) is 0 Å². The molecule has 103 valence electrons. The van der Waals surface area contributed by atoms with Crippen molar-refractivity contribution in [2.75, 3.05) is 12.5 Å². The van der Waals surface area contributed by atoms with Crippen LogP contribution in [0.15, 0.2) is 30.3 Å². The lowest BCUT2D eigenvalue weighted by Gasteiger charge is -2.15. The van der Waals surface area contributed by atoms with E-state index in [4.69, 9.17) is 39.5 Å². The second kappa shape index (κ2) is 7.43. The molecule has 0 bridgehead atoms. The first-order chi connectivity index (χ1) is 8.93. The van der Waals surface area contributed by atoms with Crippen LogP contribution < -0.4 is 10.1 Å². The number of benzene rings is 1. The molecule has 1 aromatic carbocycles. The van der Waals surface area contributed by atoms with E-state index in [1.54, 1.807) is 30.3 Å². The zero-order chi connectivity index (χ0) is 14.3. The minimum atomic E-state index is -1.91. The first-order valence-corrected chi connectivity index (χ1v) is 6.31. The van der Waals surface area contributed by atoms with Crippen molar-refractivity contribution in [3.63, 3.8) is 0 Å². The monoisotopic (exact) mass is 324 g/mol. The fourth-order valence-corrected chi connectivity index (χ4v) is 1.16. The SMILES string of the molecule is O=C(COc1ccccc1)[N]C(=O)OC(Cl)(Cl)CCl. The molecular formula is C11H9Cl3NO4. The van der Waals surface area contributed by atoms with Gasteiger partial charge in [-0.05, 0) is 12.1 Å². The van der Waals surface area contributed by atoms with Gasteiger partial charge in [-0.25, -0.2) is 4.79 Å². The fourth-order valence-electron chi connectivity index (χ4n) is 0.974. The van der Waals surface area contributed by atoms with Crippen LogP contribution in [-0.2, 0) is 9.53 Å². The van der Waals surface area contributed by atoms with Gasteiger partial charge in [0.15, 0.2) is 6.61 Å². The number of rotatable bonds is 5. The van der Waals surface area contributed by atoms with Crippen LogP contribution in [0.4, 0.5) is 4.79 Å². The number of carbonyl (C=O) groups is 2. The number of imide groups is 1. The molecule has 0 fully saturated rings. The van der Waals surface area contributed by atoms with Crippen molar-refractivity contribution in [2.45, 2.75) is 4.52 Å². The van der Waals surface area contributed by atoms with E-state index in [1.807, 2.05) is 0 Å². The lowest BCUT2D eigenvalue weighted by atomic mass is 10.3. The number of hydrogen-bond donors (Lipinski definition) is 0. The van der Waals surface area contributed by atoms with E-state index in [9.17, 15) is 9.59 Å². The average molecular weight is 326 g/mol. The van der Waals surface area contributed by atoms with E-state index in [0.29, 0.717) is 5.75 Å². The number of amides is 2. The first kappa shape index (κ1) is 15.9. The molecule has 0 saturated carbocycles. The Morgan fingerprint density at radius 1 is 1.21 bits per heavy atom. The third-order valence-corrected chi connectivity index (χ3v) is 2.79. The molecule has 19 heavy (non-hydrogen) atoms. The van der Waals surface area contributed by atoms with E-state index in [2.05, 4.69) is 10.1 Å². The maximum Gasteiger partial charge on any atom is 0.439 e. The summed E-state index contributed by atoms with van der Waals surface area (Å²) in [4.78, 5) is 22.4. The fraction of sp³-hybridized carbons (Fsp3) is 0.273. The predicted octanol–water partition coefficient (Wildman–Crippen LogP) is 2.70. The normalized spacial score (nSPS) is 10.7. The Labute approximate surface area is 124 Å². The molecule has 0 aliphatic rings. The van der Waals surface area contributed by atoms with Gasteiger partial charge in [0, 0.05) is 0 Å². The number of carbonyl (C=O) groups excluding carboxylic acids is 2. The van der Waals surface area contributed by atoms with E-state index in [0.717, 1.165) is 0 Å². The van der Waals surface area contributed by atoms with Crippen molar-refractivity contribution < 1.29 is 19.1 Å². The minimum absolute atomic E-state index is 0.355. The lowest BCUT2D eigenvalue weighted by Crippen LogP contribution is -2.33. The van der Waals surface area contributed by atoms with Crippen LogP contribution >= 0.6 is 34.8 Å². The Balaban J connectivity index is 2.33. The summed E-state index contributed by atoms with van der Waals surface area (Å²) in [6.45, 7) is -0.405. The Morgan fingerprint density at radius 2 is 1.84 bits per heavy atom. The molecule has 1 aromatic rings. The summed E-state index contributed by atoms with van der Waals surface area (Å²) >= 11 is 16.2. The van der Waals surface area contributed by atoms with Gasteiger partial charge >= 0.3 is 6.09 Å². The Kier molecular flexibility index (Phi) is 6.21. The van der Waals surface area contributed by atoms with Gasteiger partial charge in [0.05, 0.1) is 5.88 Å². The molecule has 1 radical (unpaired) electrons. The van der Waals surface area contributed by atoms with Gasteiger partial charge in [-0.15, -0.1) is 16.9 Å². The van der Waals surface area contributed by atoms with E-state index >= 15 is 0 Å². The Morgan fingerprint density at radius 3 is 2.42 bits per heavy atom. The molecule has 8 heteroatoms. The van der Waals surface area contributed by atoms with E-state index < -0.39 is 23.1 Å². The number of para-hydroxylation sites is 1. The molecule has 0 atom stereocenters. The second-order valence-electron chi connectivity index (χ2n) is 3.25. The largest absolute Gasteiger partial charge is 0.484 e. The van der Waals surface area contributed by atoms with Gasteiger partial charge in [0.25, 0.3) is 10.4 Å². The van der Waals surface area contributed by atoms with Crippen molar-refractivity contribution >= 4 is 46.8 Å². The molecule has 0 aliphatic heterocycles. The molecule has 0 unspecified atom stereocenters. The highest BCUT2D eigenvalue weighted by atomic mass is 35.5. The first-order valence-electron chi connectivity index (χ1n) is 5.02. The summed E-state index contributed by atoms with van der Waals surface area (Å²) in [5, 5.41) is 3.07. The topological polar surface area (TPSA) is 66.7 Å². The minimum Gasteiger partial charge on any atom is -0.484 e. The summed E-state index contributed by atoms with van der Waals surface area (Å²) in [6.07, 6.45) is -1.23. The molecule has 0 aromatic heterocycles. The summed E-state index contributed by atoms with van der Waals surface area (Å²) in [7, 11) is 0. The van der Waals surface area contributed by atoms with Crippen molar-refractivity contribution in [1.82, 2.24) is 5.32 Å². The van der Waals surface area contributed by atoms with Crippen LogP contribution in [0.25, 0.3) is 0 Å². The average Bonchev–Trinajstić information content (AvgIpc) is 2.37. The quantitative estimate of drug-likeness (QED) is 0.781. The van der Waals surface area contributed by atoms with Gasteiger partial charge in [0.1, 0.15) is 5.75 Å². The molecule has 0 heterocycles. The Hall–Kier alpha value is -1.17. The number of alkyl halides is 3. The van der Waals surface area contributed by atoms with Gasteiger partial charge in [-0.1, -0.05) is 41.4 Å². The molecule has 2 amide bonds. The smallest absolute Gasteiger partial charge is 0.439 e. The summed E-state index contributed by atoms with van der Waals surface area (Å²) in [5.41, 5.74) is 0. The number of nitrogens with zero attached hydrogens (tertiary/aromatic N) is 1. The third kappa shape index (κ3) is 6.52. The highest BCUT2D eigenvalue weighted by Crippen LogP contribution is 2.24. The lowest BCUT2D eigenvalue weighted by molar-refractivity contribution is -0.122. The van der Waals surface area contributed by atoms with Crippen LogP contribution in [0.1, 0.15) is 0 Å². The molecule has 0 spiro atoms. The van der Waals surface area contributed by atoms with Gasteiger partial charge in [-0.3, -0.25) is 4.79 Å². The summed E-state index contributed by atoms with van der Waals surface area (Å²) in [6, 6.07) is 8.58. The summed E-state index contributed by atoms with van der Waals surface area (Å²) < 4.78 is 7.59. The van der Waals surface area contributed by atoms with Gasteiger partial charge < -0.3 is 9.47 Å². The molecule has 0 aliphatic carbocycles.